The van der Waals surface area contributed by atoms with Crippen molar-refractivity contribution in [3.8, 4) is 5.88 Å². The summed E-state index contributed by atoms with van der Waals surface area (Å²) in [7, 11) is 3.53. The van der Waals surface area contributed by atoms with Gasteiger partial charge in [0.05, 0.1) is 7.11 Å². The van der Waals surface area contributed by atoms with Crippen LogP contribution >= 0.6 is 0 Å². The molecule has 0 bridgehead atoms. The fourth-order valence-corrected chi connectivity index (χ4v) is 2.14. The summed E-state index contributed by atoms with van der Waals surface area (Å²) in [4.78, 5) is 8.44. The lowest BCUT2D eigenvalue weighted by atomic mass is 9.99. The molecule has 20 heavy (non-hydrogen) atoms. The topological polar surface area (TPSA) is 73.1 Å². The summed E-state index contributed by atoms with van der Waals surface area (Å²) < 4.78 is 5.06. The molecule has 5 nitrogen and oxygen atoms in total. The van der Waals surface area contributed by atoms with E-state index < -0.39 is 0 Å². The summed E-state index contributed by atoms with van der Waals surface area (Å²) in [6.07, 6.45) is 4.39. The first-order valence-corrected chi connectivity index (χ1v) is 6.52. The maximum atomic E-state index is 5.98. The number of hydrogen-bond acceptors (Lipinski definition) is 5. The van der Waals surface area contributed by atoms with E-state index in [1.807, 2.05) is 32.3 Å². The minimum absolute atomic E-state index is 0.109. The number of anilines is 1. The first-order valence-electron chi connectivity index (χ1n) is 6.52. The smallest absolute Gasteiger partial charge is 0.212 e. The van der Waals surface area contributed by atoms with Gasteiger partial charge in [0, 0.05) is 30.1 Å². The van der Waals surface area contributed by atoms with Gasteiger partial charge in [0.1, 0.15) is 5.82 Å². The second-order valence-electron chi connectivity index (χ2n) is 4.74. The molecule has 0 aliphatic heterocycles. The van der Waals surface area contributed by atoms with Crippen LogP contribution in [-0.4, -0.2) is 24.1 Å². The summed E-state index contributed by atoms with van der Waals surface area (Å²) in [5.74, 6) is 1.18. The number of hydrogen-bond donors (Lipinski definition) is 2. The van der Waals surface area contributed by atoms with Crippen LogP contribution in [0.15, 0.2) is 30.6 Å². The van der Waals surface area contributed by atoms with Crippen LogP contribution in [0.2, 0.25) is 0 Å². The highest BCUT2D eigenvalue weighted by molar-refractivity contribution is 5.43. The number of methoxy groups -OCH3 is 1. The molecule has 1 atom stereocenters. The van der Waals surface area contributed by atoms with E-state index in [0.717, 1.165) is 23.1 Å². The summed E-state index contributed by atoms with van der Waals surface area (Å²) >= 11 is 0. The quantitative estimate of drug-likeness (QED) is 0.869. The molecule has 3 N–H and O–H groups in total. The maximum absolute atomic E-state index is 5.98. The first-order chi connectivity index (χ1) is 9.63. The molecular formula is C15H20N4O. The summed E-state index contributed by atoms with van der Waals surface area (Å²) in [6, 6.07) is 6.05. The van der Waals surface area contributed by atoms with Crippen molar-refractivity contribution in [1.82, 2.24) is 15.3 Å². The van der Waals surface area contributed by atoms with Crippen LogP contribution in [0, 0.1) is 6.92 Å². The second kappa shape index (κ2) is 6.34. The van der Waals surface area contributed by atoms with E-state index in [9.17, 15) is 0 Å². The standard InChI is InChI=1S/C15H20N4O/c1-10-6-12(15(16)19-8-10)13(17-2)7-11-4-5-14(20-3)18-9-11/h4-6,8-9,13,17H,7H2,1-3H3,(H2,16,19). The van der Waals surface area contributed by atoms with E-state index in [2.05, 4.69) is 21.4 Å². The molecule has 0 aromatic carbocycles. The van der Waals surface area contributed by atoms with Crippen LogP contribution in [0.25, 0.3) is 0 Å². The van der Waals surface area contributed by atoms with E-state index in [1.54, 1.807) is 13.3 Å². The maximum Gasteiger partial charge on any atom is 0.212 e. The lowest BCUT2D eigenvalue weighted by Gasteiger charge is -2.18. The summed E-state index contributed by atoms with van der Waals surface area (Å²) in [5, 5.41) is 3.28. The fourth-order valence-electron chi connectivity index (χ4n) is 2.14. The minimum atomic E-state index is 0.109. The molecular weight excluding hydrogens is 252 g/mol. The molecule has 2 aromatic rings. The van der Waals surface area contributed by atoms with Crippen molar-refractivity contribution < 1.29 is 4.74 Å². The van der Waals surface area contributed by atoms with Crippen LogP contribution in [0.4, 0.5) is 5.82 Å². The van der Waals surface area contributed by atoms with E-state index in [0.29, 0.717) is 11.7 Å². The van der Waals surface area contributed by atoms with Crippen molar-refractivity contribution in [1.29, 1.82) is 0 Å². The van der Waals surface area contributed by atoms with Gasteiger partial charge in [-0.25, -0.2) is 9.97 Å². The third-order valence-corrected chi connectivity index (χ3v) is 3.26. The number of ether oxygens (including phenoxy) is 1. The lowest BCUT2D eigenvalue weighted by Crippen LogP contribution is -2.21. The van der Waals surface area contributed by atoms with E-state index in [4.69, 9.17) is 10.5 Å². The molecule has 0 amide bonds. The molecule has 0 saturated carbocycles. The number of aromatic nitrogens is 2. The lowest BCUT2D eigenvalue weighted by molar-refractivity contribution is 0.397. The Morgan fingerprint density at radius 3 is 2.70 bits per heavy atom. The summed E-state index contributed by atoms with van der Waals surface area (Å²) in [5.41, 5.74) is 9.21. The van der Waals surface area contributed by atoms with Crippen molar-refractivity contribution in [2.45, 2.75) is 19.4 Å². The van der Waals surface area contributed by atoms with Gasteiger partial charge in [-0.3, -0.25) is 0 Å². The fraction of sp³-hybridized carbons (Fsp3) is 0.333. The predicted molar refractivity (Wildman–Crippen MR) is 79.7 cm³/mol. The molecule has 2 aromatic heterocycles. The SMILES string of the molecule is CNC(Cc1ccc(OC)nc1)c1cc(C)cnc1N. The minimum Gasteiger partial charge on any atom is -0.481 e. The van der Waals surface area contributed by atoms with Crippen LogP contribution in [0.5, 0.6) is 5.88 Å². The van der Waals surface area contributed by atoms with Crippen molar-refractivity contribution >= 4 is 5.82 Å². The van der Waals surface area contributed by atoms with Gasteiger partial charge in [0.2, 0.25) is 5.88 Å². The molecule has 0 radical (unpaired) electrons. The number of rotatable bonds is 5. The molecule has 0 saturated heterocycles. The zero-order chi connectivity index (χ0) is 14.5. The average Bonchev–Trinajstić information content (AvgIpc) is 2.48. The first kappa shape index (κ1) is 14.3. The van der Waals surface area contributed by atoms with Gasteiger partial charge in [-0.05, 0) is 37.6 Å². The average molecular weight is 272 g/mol. The number of nitrogen functional groups attached to an aromatic ring is 1. The second-order valence-corrected chi connectivity index (χ2v) is 4.74. The highest BCUT2D eigenvalue weighted by atomic mass is 16.5. The Hall–Kier alpha value is -2.14. The third-order valence-electron chi connectivity index (χ3n) is 3.26. The van der Waals surface area contributed by atoms with Gasteiger partial charge in [-0.15, -0.1) is 0 Å². The van der Waals surface area contributed by atoms with Crippen molar-refractivity contribution in [2.75, 3.05) is 19.9 Å². The van der Waals surface area contributed by atoms with E-state index >= 15 is 0 Å². The molecule has 2 heterocycles. The van der Waals surface area contributed by atoms with Crippen LogP contribution in [-0.2, 0) is 6.42 Å². The Balaban J connectivity index is 2.21. The number of nitrogens with two attached hydrogens (primary N) is 1. The highest BCUT2D eigenvalue weighted by Gasteiger charge is 2.14. The molecule has 0 fully saturated rings. The monoisotopic (exact) mass is 272 g/mol. The normalized spacial score (nSPS) is 12.2. The van der Waals surface area contributed by atoms with Crippen molar-refractivity contribution in [2.24, 2.45) is 0 Å². The van der Waals surface area contributed by atoms with E-state index in [1.165, 1.54) is 0 Å². The van der Waals surface area contributed by atoms with Gasteiger partial charge < -0.3 is 15.8 Å². The van der Waals surface area contributed by atoms with Crippen LogP contribution in [0.3, 0.4) is 0 Å². The predicted octanol–water partition coefficient (Wildman–Crippen LogP) is 1.88. The highest BCUT2D eigenvalue weighted by Crippen LogP contribution is 2.23. The van der Waals surface area contributed by atoms with Crippen LogP contribution in [0.1, 0.15) is 22.7 Å². The Morgan fingerprint density at radius 2 is 2.10 bits per heavy atom. The van der Waals surface area contributed by atoms with Gasteiger partial charge in [0.15, 0.2) is 0 Å². The Bertz CT molecular complexity index is 569. The largest absolute Gasteiger partial charge is 0.481 e. The number of nitrogens with one attached hydrogen (secondary N) is 1. The van der Waals surface area contributed by atoms with Crippen molar-refractivity contribution in [3.05, 3.63) is 47.3 Å². The number of likely N-dealkylation sites (N-methyl/N-ethyl adjacent to an activating group) is 1. The molecule has 0 aliphatic rings. The molecule has 1 unspecified atom stereocenters. The molecule has 0 aliphatic carbocycles. The van der Waals surface area contributed by atoms with Gasteiger partial charge in [-0.1, -0.05) is 6.07 Å². The van der Waals surface area contributed by atoms with Gasteiger partial charge in [0.25, 0.3) is 0 Å². The Kier molecular flexibility index (Phi) is 4.53. The number of nitrogens with zero attached hydrogens (tertiary/aromatic N) is 2. The molecule has 2 rings (SSSR count). The number of pyridine rings is 2. The Morgan fingerprint density at radius 1 is 1.30 bits per heavy atom. The zero-order valence-electron chi connectivity index (χ0n) is 12.1. The van der Waals surface area contributed by atoms with Gasteiger partial charge in [-0.2, -0.15) is 0 Å². The van der Waals surface area contributed by atoms with Crippen LogP contribution < -0.4 is 15.8 Å². The van der Waals surface area contributed by atoms with Crippen molar-refractivity contribution in [3.63, 3.8) is 0 Å². The molecule has 106 valence electrons. The van der Waals surface area contributed by atoms with Gasteiger partial charge >= 0.3 is 0 Å². The third kappa shape index (κ3) is 3.24. The molecule has 0 spiro atoms. The number of aryl methyl sites for hydroxylation is 1. The summed E-state index contributed by atoms with van der Waals surface area (Å²) in [6.45, 7) is 2.01. The van der Waals surface area contributed by atoms with E-state index in [-0.39, 0.29) is 6.04 Å². The Labute approximate surface area is 119 Å². The zero-order valence-corrected chi connectivity index (χ0v) is 12.1. The molecule has 5 heteroatoms.